The fourth-order valence-corrected chi connectivity index (χ4v) is 1.10. The summed E-state index contributed by atoms with van der Waals surface area (Å²) in [4.78, 5) is 0. The normalized spacial score (nSPS) is 10.8. The van der Waals surface area contributed by atoms with E-state index in [2.05, 4.69) is 6.58 Å². The Morgan fingerprint density at radius 3 is 2.50 bits per heavy atom. The average molecular weight is 188 g/mol. The van der Waals surface area contributed by atoms with Crippen LogP contribution in [-0.2, 0) is 4.74 Å². The molecule has 0 saturated carbocycles. The van der Waals surface area contributed by atoms with Crippen molar-refractivity contribution in [2.75, 3.05) is 0 Å². The summed E-state index contributed by atoms with van der Waals surface area (Å²) in [6, 6.07) is 10.1. The van der Waals surface area contributed by atoms with E-state index >= 15 is 0 Å². The molecule has 0 aliphatic heterocycles. The maximum absolute atomic E-state index is 5.39. The van der Waals surface area contributed by atoms with Crippen LogP contribution in [0.15, 0.2) is 48.7 Å². The van der Waals surface area contributed by atoms with E-state index in [4.69, 9.17) is 4.74 Å². The highest BCUT2D eigenvalue weighted by molar-refractivity contribution is 5.51. The van der Waals surface area contributed by atoms with Crippen molar-refractivity contribution in [1.29, 1.82) is 0 Å². The summed E-state index contributed by atoms with van der Waals surface area (Å²) in [5.74, 6) is 0.698. The molecule has 0 bridgehead atoms. The standard InChI is InChI=1S/C13H16O/c1-11(2)14-12(3)9-10-13-7-5-4-6-8-13/h4-11H,3H2,1-2H3/b10-9+. The molecule has 0 amide bonds. The van der Waals surface area contributed by atoms with Gasteiger partial charge in [-0.05, 0) is 25.5 Å². The summed E-state index contributed by atoms with van der Waals surface area (Å²) >= 11 is 0. The van der Waals surface area contributed by atoms with Crippen LogP contribution in [-0.4, -0.2) is 6.10 Å². The van der Waals surface area contributed by atoms with Crippen molar-refractivity contribution in [2.45, 2.75) is 20.0 Å². The molecule has 0 N–H and O–H groups in total. The molecule has 0 radical (unpaired) electrons. The molecule has 0 aromatic heterocycles. The van der Waals surface area contributed by atoms with E-state index in [1.54, 1.807) is 0 Å². The van der Waals surface area contributed by atoms with Gasteiger partial charge in [0.25, 0.3) is 0 Å². The van der Waals surface area contributed by atoms with Gasteiger partial charge in [-0.2, -0.15) is 0 Å². The lowest BCUT2D eigenvalue weighted by Gasteiger charge is -2.08. The van der Waals surface area contributed by atoms with E-state index < -0.39 is 0 Å². The summed E-state index contributed by atoms with van der Waals surface area (Å²) in [5, 5.41) is 0. The zero-order valence-electron chi connectivity index (χ0n) is 8.73. The van der Waals surface area contributed by atoms with Crippen molar-refractivity contribution < 1.29 is 4.74 Å². The Kier molecular flexibility index (Phi) is 3.99. The average Bonchev–Trinajstić information content (AvgIpc) is 2.15. The summed E-state index contributed by atoms with van der Waals surface area (Å²) in [7, 11) is 0. The molecule has 0 saturated heterocycles. The molecule has 0 aliphatic carbocycles. The molecule has 1 aromatic carbocycles. The monoisotopic (exact) mass is 188 g/mol. The van der Waals surface area contributed by atoms with E-state index in [1.807, 2.05) is 56.3 Å². The lowest BCUT2D eigenvalue weighted by Crippen LogP contribution is -1.99. The first-order valence-electron chi connectivity index (χ1n) is 4.77. The molecular weight excluding hydrogens is 172 g/mol. The number of ether oxygens (including phenoxy) is 1. The van der Waals surface area contributed by atoms with Crippen LogP contribution < -0.4 is 0 Å². The number of hydrogen-bond acceptors (Lipinski definition) is 1. The zero-order chi connectivity index (χ0) is 10.4. The van der Waals surface area contributed by atoms with E-state index in [-0.39, 0.29) is 6.10 Å². The van der Waals surface area contributed by atoms with Gasteiger partial charge < -0.3 is 4.74 Å². The molecule has 0 unspecified atom stereocenters. The number of rotatable bonds is 4. The Balaban J connectivity index is 2.52. The van der Waals surface area contributed by atoms with Gasteiger partial charge in [0.1, 0.15) is 5.76 Å². The minimum atomic E-state index is 0.183. The third-order valence-corrected chi connectivity index (χ3v) is 1.65. The fraction of sp³-hybridized carbons (Fsp3) is 0.231. The minimum Gasteiger partial charge on any atom is -0.492 e. The second-order valence-corrected chi connectivity index (χ2v) is 3.38. The third kappa shape index (κ3) is 3.94. The van der Waals surface area contributed by atoms with Gasteiger partial charge in [0.2, 0.25) is 0 Å². The molecule has 1 nitrogen and oxygen atoms in total. The molecule has 0 heterocycles. The second-order valence-electron chi connectivity index (χ2n) is 3.38. The maximum Gasteiger partial charge on any atom is 0.112 e. The minimum absolute atomic E-state index is 0.183. The van der Waals surface area contributed by atoms with Gasteiger partial charge >= 0.3 is 0 Å². The van der Waals surface area contributed by atoms with E-state index in [0.717, 1.165) is 5.56 Å². The number of allylic oxidation sites excluding steroid dienone is 1. The van der Waals surface area contributed by atoms with E-state index in [9.17, 15) is 0 Å². The van der Waals surface area contributed by atoms with Gasteiger partial charge in [-0.3, -0.25) is 0 Å². The van der Waals surface area contributed by atoms with Gasteiger partial charge in [0.15, 0.2) is 0 Å². The summed E-state index contributed by atoms with van der Waals surface area (Å²) < 4.78 is 5.39. The Bertz CT molecular complexity index is 309. The van der Waals surface area contributed by atoms with Crippen LogP contribution in [0.3, 0.4) is 0 Å². The van der Waals surface area contributed by atoms with Crippen LogP contribution >= 0.6 is 0 Å². The predicted octanol–water partition coefficient (Wildman–Crippen LogP) is 3.64. The van der Waals surface area contributed by atoms with Crippen LogP contribution in [0.2, 0.25) is 0 Å². The SMILES string of the molecule is C=C(/C=C/c1ccccc1)OC(C)C. The summed E-state index contributed by atoms with van der Waals surface area (Å²) in [5.41, 5.74) is 1.15. The lowest BCUT2D eigenvalue weighted by molar-refractivity contribution is 0.159. The van der Waals surface area contributed by atoms with Crippen molar-refractivity contribution in [3.05, 3.63) is 54.3 Å². The Labute approximate surface area is 85.7 Å². The topological polar surface area (TPSA) is 9.23 Å². The predicted molar refractivity (Wildman–Crippen MR) is 60.8 cm³/mol. The molecule has 1 heteroatoms. The quantitative estimate of drug-likeness (QED) is 0.518. The van der Waals surface area contributed by atoms with Gasteiger partial charge in [-0.15, -0.1) is 0 Å². The number of benzene rings is 1. The van der Waals surface area contributed by atoms with Crippen LogP contribution in [0.5, 0.6) is 0 Å². The lowest BCUT2D eigenvalue weighted by atomic mass is 10.2. The van der Waals surface area contributed by atoms with Crippen LogP contribution in [0.4, 0.5) is 0 Å². The fourth-order valence-electron chi connectivity index (χ4n) is 1.10. The van der Waals surface area contributed by atoms with Crippen molar-refractivity contribution in [3.8, 4) is 0 Å². The van der Waals surface area contributed by atoms with E-state index in [0.29, 0.717) is 5.76 Å². The Morgan fingerprint density at radius 1 is 1.29 bits per heavy atom. The first kappa shape index (κ1) is 10.6. The van der Waals surface area contributed by atoms with Crippen molar-refractivity contribution >= 4 is 6.08 Å². The highest BCUT2D eigenvalue weighted by Crippen LogP contribution is 2.06. The van der Waals surface area contributed by atoms with Crippen molar-refractivity contribution in [1.82, 2.24) is 0 Å². The van der Waals surface area contributed by atoms with Gasteiger partial charge in [-0.25, -0.2) is 0 Å². The first-order valence-corrected chi connectivity index (χ1v) is 4.77. The molecule has 0 atom stereocenters. The molecular formula is C13H16O. The summed E-state index contributed by atoms with van der Waals surface area (Å²) in [6.07, 6.45) is 4.06. The highest BCUT2D eigenvalue weighted by Gasteiger charge is 1.93. The Hall–Kier alpha value is -1.50. The van der Waals surface area contributed by atoms with Crippen LogP contribution in [0, 0.1) is 0 Å². The van der Waals surface area contributed by atoms with Gasteiger partial charge in [0.05, 0.1) is 6.10 Å². The highest BCUT2D eigenvalue weighted by atomic mass is 16.5. The van der Waals surface area contributed by atoms with Crippen molar-refractivity contribution in [3.63, 3.8) is 0 Å². The molecule has 14 heavy (non-hydrogen) atoms. The van der Waals surface area contributed by atoms with Crippen LogP contribution in [0.25, 0.3) is 6.08 Å². The molecule has 74 valence electrons. The first-order chi connectivity index (χ1) is 6.68. The van der Waals surface area contributed by atoms with Crippen molar-refractivity contribution in [2.24, 2.45) is 0 Å². The second kappa shape index (κ2) is 5.28. The molecule has 1 aromatic rings. The van der Waals surface area contributed by atoms with E-state index in [1.165, 1.54) is 0 Å². The molecule has 1 rings (SSSR count). The molecule has 0 spiro atoms. The smallest absolute Gasteiger partial charge is 0.112 e. The molecule has 0 aliphatic rings. The maximum atomic E-state index is 5.39. The third-order valence-electron chi connectivity index (χ3n) is 1.65. The Morgan fingerprint density at radius 2 is 1.93 bits per heavy atom. The van der Waals surface area contributed by atoms with Gasteiger partial charge in [0, 0.05) is 0 Å². The number of hydrogen-bond donors (Lipinski definition) is 0. The van der Waals surface area contributed by atoms with Crippen LogP contribution in [0.1, 0.15) is 19.4 Å². The molecule has 0 fully saturated rings. The zero-order valence-corrected chi connectivity index (χ0v) is 8.73. The summed E-state index contributed by atoms with van der Waals surface area (Å²) in [6.45, 7) is 7.78. The largest absolute Gasteiger partial charge is 0.492 e. The van der Waals surface area contributed by atoms with Gasteiger partial charge in [-0.1, -0.05) is 43.0 Å².